The van der Waals surface area contributed by atoms with Crippen LogP contribution in [-0.4, -0.2) is 44.7 Å². The molecule has 176 valence electrons. The molecule has 0 radical (unpaired) electrons. The Balaban J connectivity index is 1.43. The molecule has 0 aliphatic heterocycles. The third-order valence-electron chi connectivity index (χ3n) is 5.57. The number of anilines is 1. The Kier molecular flexibility index (Phi) is 6.56. The van der Waals surface area contributed by atoms with Crippen molar-refractivity contribution >= 4 is 32.7 Å². The lowest BCUT2D eigenvalue weighted by atomic mass is 10.2. The summed E-state index contributed by atoms with van der Waals surface area (Å²) in [7, 11) is -0.910. The summed E-state index contributed by atoms with van der Waals surface area (Å²) in [6, 6.07) is 20.3. The number of nitrogens with zero attached hydrogens (tertiary/aromatic N) is 3. The van der Waals surface area contributed by atoms with Gasteiger partial charge >= 0.3 is 5.97 Å². The van der Waals surface area contributed by atoms with Crippen LogP contribution in [0, 0.1) is 6.92 Å². The van der Waals surface area contributed by atoms with Gasteiger partial charge in [-0.3, -0.25) is 4.31 Å². The van der Waals surface area contributed by atoms with E-state index in [-0.39, 0.29) is 17.1 Å². The first-order chi connectivity index (χ1) is 16.3. The fourth-order valence-corrected chi connectivity index (χ4v) is 4.94. The largest absolute Gasteiger partial charge is 0.495 e. The number of aromatic nitrogens is 2. The van der Waals surface area contributed by atoms with E-state index >= 15 is 0 Å². The van der Waals surface area contributed by atoms with Crippen molar-refractivity contribution in [1.82, 2.24) is 9.55 Å². The van der Waals surface area contributed by atoms with Crippen LogP contribution in [0.1, 0.15) is 16.2 Å². The Labute approximate surface area is 198 Å². The molecule has 0 saturated heterocycles. The van der Waals surface area contributed by atoms with Crippen molar-refractivity contribution in [1.29, 1.82) is 0 Å². The summed E-state index contributed by atoms with van der Waals surface area (Å²) in [5.74, 6) is 0.754. The van der Waals surface area contributed by atoms with Gasteiger partial charge in [-0.1, -0.05) is 24.3 Å². The van der Waals surface area contributed by atoms with Gasteiger partial charge in [0.05, 0.1) is 40.8 Å². The molecule has 3 aromatic carbocycles. The summed E-state index contributed by atoms with van der Waals surface area (Å²) < 4.78 is 40.0. The van der Waals surface area contributed by atoms with E-state index in [4.69, 9.17) is 9.47 Å². The van der Waals surface area contributed by atoms with E-state index in [1.807, 2.05) is 35.8 Å². The first-order valence-electron chi connectivity index (χ1n) is 10.6. The van der Waals surface area contributed by atoms with Crippen LogP contribution in [0.3, 0.4) is 0 Å². The average Bonchev–Trinajstić information content (AvgIpc) is 3.18. The van der Waals surface area contributed by atoms with Gasteiger partial charge < -0.3 is 14.0 Å². The zero-order chi connectivity index (χ0) is 24.3. The van der Waals surface area contributed by atoms with E-state index < -0.39 is 16.0 Å². The zero-order valence-corrected chi connectivity index (χ0v) is 20.0. The molecule has 0 aliphatic rings. The highest BCUT2D eigenvalue weighted by atomic mass is 32.2. The Morgan fingerprint density at radius 2 is 1.68 bits per heavy atom. The summed E-state index contributed by atoms with van der Waals surface area (Å²) >= 11 is 0. The monoisotopic (exact) mass is 479 g/mol. The number of hydrogen-bond donors (Lipinski definition) is 0. The lowest BCUT2D eigenvalue weighted by Gasteiger charge is -2.21. The quantitative estimate of drug-likeness (QED) is 0.354. The fourth-order valence-electron chi connectivity index (χ4n) is 3.73. The number of para-hydroxylation sites is 4. The molecular weight excluding hydrogens is 454 g/mol. The molecule has 0 atom stereocenters. The maximum absolute atomic E-state index is 13.1. The number of fused-ring (bicyclic) bond motifs is 1. The topological polar surface area (TPSA) is 90.7 Å². The Morgan fingerprint density at radius 3 is 2.41 bits per heavy atom. The van der Waals surface area contributed by atoms with Crippen LogP contribution in [-0.2, 0) is 21.3 Å². The van der Waals surface area contributed by atoms with Crippen LogP contribution in [0.4, 0.5) is 5.69 Å². The number of aryl methyl sites for hydroxylation is 1. The van der Waals surface area contributed by atoms with Gasteiger partial charge in [-0.05, 0) is 55.5 Å². The van der Waals surface area contributed by atoms with Crippen molar-refractivity contribution in [2.45, 2.75) is 18.4 Å². The Morgan fingerprint density at radius 1 is 1.00 bits per heavy atom. The molecule has 4 aromatic rings. The molecule has 0 N–H and O–H groups in total. The van der Waals surface area contributed by atoms with E-state index in [0.717, 1.165) is 21.2 Å². The lowest BCUT2D eigenvalue weighted by molar-refractivity contribution is 0.0491. The first-order valence-corrected chi connectivity index (χ1v) is 12.1. The predicted octanol–water partition coefficient (Wildman–Crippen LogP) is 4.04. The minimum atomic E-state index is -3.85. The molecule has 0 spiro atoms. The molecule has 1 aromatic heterocycles. The average molecular weight is 480 g/mol. The summed E-state index contributed by atoms with van der Waals surface area (Å²) in [6.45, 7) is 2.54. The predicted molar refractivity (Wildman–Crippen MR) is 130 cm³/mol. The molecule has 0 fully saturated rings. The van der Waals surface area contributed by atoms with Crippen molar-refractivity contribution in [2.24, 2.45) is 0 Å². The van der Waals surface area contributed by atoms with Crippen LogP contribution in [0.15, 0.2) is 77.7 Å². The van der Waals surface area contributed by atoms with E-state index in [1.54, 1.807) is 24.3 Å². The van der Waals surface area contributed by atoms with Gasteiger partial charge in [-0.2, -0.15) is 0 Å². The normalized spacial score (nSPS) is 11.4. The summed E-state index contributed by atoms with van der Waals surface area (Å²) in [5.41, 5.74) is 2.55. The van der Waals surface area contributed by atoms with Gasteiger partial charge in [0.25, 0.3) is 10.0 Å². The second kappa shape index (κ2) is 9.56. The van der Waals surface area contributed by atoms with Gasteiger partial charge in [0, 0.05) is 7.05 Å². The molecule has 4 rings (SSSR count). The Hall–Kier alpha value is -3.85. The molecule has 8 nitrogen and oxygen atoms in total. The molecule has 0 amide bonds. The second-order valence-electron chi connectivity index (χ2n) is 7.60. The highest BCUT2D eigenvalue weighted by molar-refractivity contribution is 7.92. The molecular formula is C25H25N3O5S. The van der Waals surface area contributed by atoms with Crippen LogP contribution >= 0.6 is 0 Å². The van der Waals surface area contributed by atoms with Crippen LogP contribution in [0.25, 0.3) is 11.0 Å². The maximum Gasteiger partial charge on any atom is 0.338 e. The van der Waals surface area contributed by atoms with Crippen molar-refractivity contribution in [3.05, 3.63) is 84.2 Å². The first kappa shape index (κ1) is 23.3. The molecule has 0 aliphatic carbocycles. The molecule has 9 heteroatoms. The standard InChI is InChI=1S/C25H25N3O5S/c1-18-26-21-8-4-5-9-22(21)28(18)16-17-33-25(29)19-12-14-20(15-13-19)34(30,31)27(2)23-10-6-7-11-24(23)32-3/h4-15H,16-17H2,1-3H3. The number of esters is 1. The minimum Gasteiger partial charge on any atom is -0.495 e. The minimum absolute atomic E-state index is 0.0537. The van der Waals surface area contributed by atoms with Crippen molar-refractivity contribution < 1.29 is 22.7 Å². The Bertz CT molecular complexity index is 1430. The smallest absolute Gasteiger partial charge is 0.338 e. The number of sulfonamides is 1. The number of ether oxygens (including phenoxy) is 2. The van der Waals surface area contributed by atoms with Crippen LogP contribution in [0.2, 0.25) is 0 Å². The van der Waals surface area contributed by atoms with Gasteiger partial charge in [0.2, 0.25) is 0 Å². The maximum atomic E-state index is 13.1. The van der Waals surface area contributed by atoms with Gasteiger partial charge in [0.1, 0.15) is 18.2 Å². The summed E-state index contributed by atoms with van der Waals surface area (Å²) in [6.07, 6.45) is 0. The van der Waals surface area contributed by atoms with Crippen molar-refractivity contribution in [3.8, 4) is 5.75 Å². The van der Waals surface area contributed by atoms with Crippen molar-refractivity contribution in [2.75, 3.05) is 25.1 Å². The third-order valence-corrected chi connectivity index (χ3v) is 7.35. The summed E-state index contributed by atoms with van der Waals surface area (Å²) in [5, 5.41) is 0. The number of carbonyl (C=O) groups is 1. The van der Waals surface area contributed by atoms with E-state index in [2.05, 4.69) is 4.98 Å². The number of hydrogen-bond acceptors (Lipinski definition) is 6. The second-order valence-corrected chi connectivity index (χ2v) is 9.57. The summed E-state index contributed by atoms with van der Waals surface area (Å²) in [4.78, 5) is 17.1. The number of methoxy groups -OCH3 is 1. The SMILES string of the molecule is COc1ccccc1N(C)S(=O)(=O)c1ccc(C(=O)OCCn2c(C)nc3ccccc32)cc1. The van der Waals surface area contributed by atoms with E-state index in [0.29, 0.717) is 18.0 Å². The van der Waals surface area contributed by atoms with Gasteiger partial charge in [-0.15, -0.1) is 0 Å². The number of carbonyl (C=O) groups excluding carboxylic acids is 1. The van der Waals surface area contributed by atoms with E-state index in [9.17, 15) is 13.2 Å². The van der Waals surface area contributed by atoms with Crippen LogP contribution < -0.4 is 9.04 Å². The molecule has 34 heavy (non-hydrogen) atoms. The molecule has 1 heterocycles. The lowest BCUT2D eigenvalue weighted by Crippen LogP contribution is -2.27. The zero-order valence-electron chi connectivity index (χ0n) is 19.1. The molecule has 0 saturated carbocycles. The number of rotatable bonds is 8. The van der Waals surface area contributed by atoms with Crippen LogP contribution in [0.5, 0.6) is 5.75 Å². The fraction of sp³-hybridized carbons (Fsp3) is 0.200. The molecule has 0 bridgehead atoms. The van der Waals surface area contributed by atoms with Gasteiger partial charge in [-0.25, -0.2) is 18.2 Å². The van der Waals surface area contributed by atoms with Crippen molar-refractivity contribution in [3.63, 3.8) is 0 Å². The highest BCUT2D eigenvalue weighted by Crippen LogP contribution is 2.30. The highest BCUT2D eigenvalue weighted by Gasteiger charge is 2.24. The number of imidazole rings is 1. The van der Waals surface area contributed by atoms with Gasteiger partial charge in [0.15, 0.2) is 0 Å². The number of benzene rings is 3. The molecule has 0 unspecified atom stereocenters. The van der Waals surface area contributed by atoms with E-state index in [1.165, 1.54) is 38.4 Å². The third kappa shape index (κ3) is 4.47.